The van der Waals surface area contributed by atoms with Gasteiger partial charge in [0.2, 0.25) is 0 Å². The van der Waals surface area contributed by atoms with Gasteiger partial charge in [0.1, 0.15) is 10.4 Å². The van der Waals surface area contributed by atoms with Crippen LogP contribution in [0.1, 0.15) is 24.9 Å². The van der Waals surface area contributed by atoms with Gasteiger partial charge in [0, 0.05) is 25.4 Å². The predicted molar refractivity (Wildman–Crippen MR) is 55.6 cm³/mol. The normalized spacial score (nSPS) is 21.6. The van der Waals surface area contributed by atoms with E-state index in [1.54, 1.807) is 0 Å². The Morgan fingerprint density at radius 2 is 2.46 bits per heavy atom. The number of nitrogens with zero attached hydrogens (tertiary/aromatic N) is 2. The SMILES string of the molecule is CCc1nc(Br)c2n1CCC(N)C2. The highest BCUT2D eigenvalue weighted by molar-refractivity contribution is 9.10. The average molecular weight is 244 g/mol. The van der Waals surface area contributed by atoms with Gasteiger partial charge in [-0.1, -0.05) is 6.92 Å². The molecule has 13 heavy (non-hydrogen) atoms. The van der Waals surface area contributed by atoms with E-state index in [4.69, 9.17) is 5.73 Å². The van der Waals surface area contributed by atoms with E-state index in [0.717, 1.165) is 30.4 Å². The first-order chi connectivity index (χ1) is 6.22. The number of fused-ring (bicyclic) bond motifs is 1. The maximum Gasteiger partial charge on any atom is 0.127 e. The molecule has 0 spiro atoms. The van der Waals surface area contributed by atoms with Crippen LogP contribution in [0.15, 0.2) is 4.60 Å². The summed E-state index contributed by atoms with van der Waals surface area (Å²) in [5, 5.41) is 0. The van der Waals surface area contributed by atoms with Gasteiger partial charge in [0.25, 0.3) is 0 Å². The minimum atomic E-state index is 0.310. The number of hydrogen-bond acceptors (Lipinski definition) is 2. The summed E-state index contributed by atoms with van der Waals surface area (Å²) in [7, 11) is 0. The molecule has 0 saturated heterocycles. The molecule has 3 nitrogen and oxygen atoms in total. The molecule has 0 aromatic carbocycles. The summed E-state index contributed by atoms with van der Waals surface area (Å²) in [6.07, 6.45) is 3.02. The molecule has 2 N–H and O–H groups in total. The van der Waals surface area contributed by atoms with Gasteiger partial charge in [-0.25, -0.2) is 4.98 Å². The molecule has 0 bridgehead atoms. The fourth-order valence-corrected chi connectivity index (χ4v) is 2.46. The Hall–Kier alpha value is -0.350. The third-order valence-electron chi connectivity index (χ3n) is 2.60. The highest BCUT2D eigenvalue weighted by Crippen LogP contribution is 2.24. The first-order valence-corrected chi connectivity index (χ1v) is 5.51. The zero-order valence-corrected chi connectivity index (χ0v) is 9.34. The van der Waals surface area contributed by atoms with Crippen LogP contribution in [0.3, 0.4) is 0 Å². The van der Waals surface area contributed by atoms with Crippen LogP contribution >= 0.6 is 15.9 Å². The number of rotatable bonds is 1. The van der Waals surface area contributed by atoms with Crippen molar-refractivity contribution < 1.29 is 0 Å². The molecule has 4 heteroatoms. The predicted octanol–water partition coefficient (Wildman–Crippen LogP) is 1.48. The standard InChI is InChI=1S/C9H14BrN3/c1-2-8-12-9(10)7-5-6(11)3-4-13(7)8/h6H,2-5,11H2,1H3. The molecule has 0 radical (unpaired) electrons. The third kappa shape index (κ3) is 1.53. The highest BCUT2D eigenvalue weighted by atomic mass is 79.9. The Kier molecular flexibility index (Phi) is 2.43. The minimum Gasteiger partial charge on any atom is -0.331 e. The number of hydrogen-bond donors (Lipinski definition) is 1. The zero-order chi connectivity index (χ0) is 9.42. The van der Waals surface area contributed by atoms with Crippen LogP contribution in [0.2, 0.25) is 0 Å². The number of halogens is 1. The van der Waals surface area contributed by atoms with E-state index in [0.29, 0.717) is 6.04 Å². The molecule has 1 aliphatic heterocycles. The van der Waals surface area contributed by atoms with Gasteiger partial charge in [-0.3, -0.25) is 0 Å². The van der Waals surface area contributed by atoms with Crippen molar-refractivity contribution in [3.8, 4) is 0 Å². The van der Waals surface area contributed by atoms with E-state index < -0.39 is 0 Å². The summed E-state index contributed by atoms with van der Waals surface area (Å²) in [5.41, 5.74) is 7.18. The van der Waals surface area contributed by atoms with E-state index in [1.165, 1.54) is 11.5 Å². The highest BCUT2D eigenvalue weighted by Gasteiger charge is 2.21. The lowest BCUT2D eigenvalue weighted by atomic mass is 10.1. The third-order valence-corrected chi connectivity index (χ3v) is 3.23. The van der Waals surface area contributed by atoms with E-state index in [1.807, 2.05) is 0 Å². The summed E-state index contributed by atoms with van der Waals surface area (Å²) < 4.78 is 3.28. The topological polar surface area (TPSA) is 43.8 Å². The van der Waals surface area contributed by atoms with Crippen LogP contribution in [0.5, 0.6) is 0 Å². The Labute approximate surface area is 86.5 Å². The van der Waals surface area contributed by atoms with Crippen LogP contribution in [0.25, 0.3) is 0 Å². The first-order valence-electron chi connectivity index (χ1n) is 4.71. The molecule has 1 unspecified atom stereocenters. The van der Waals surface area contributed by atoms with Crippen LogP contribution in [-0.4, -0.2) is 15.6 Å². The van der Waals surface area contributed by atoms with Gasteiger partial charge < -0.3 is 10.3 Å². The lowest BCUT2D eigenvalue weighted by Gasteiger charge is -2.21. The number of aryl methyl sites for hydroxylation is 1. The summed E-state index contributed by atoms with van der Waals surface area (Å²) >= 11 is 3.48. The summed E-state index contributed by atoms with van der Waals surface area (Å²) in [6, 6.07) is 0.310. The molecule has 1 aromatic rings. The molecule has 0 amide bonds. The second-order valence-corrected chi connectivity index (χ2v) is 4.27. The van der Waals surface area contributed by atoms with Crippen molar-refractivity contribution in [3.63, 3.8) is 0 Å². The molecule has 2 rings (SSSR count). The van der Waals surface area contributed by atoms with Crippen LogP contribution < -0.4 is 5.73 Å². The quantitative estimate of drug-likeness (QED) is 0.813. The molecular formula is C9H14BrN3. The van der Waals surface area contributed by atoms with Crippen molar-refractivity contribution in [2.24, 2.45) is 5.73 Å². The Morgan fingerprint density at radius 3 is 3.15 bits per heavy atom. The Morgan fingerprint density at radius 1 is 1.69 bits per heavy atom. The molecule has 1 aromatic heterocycles. The molecule has 1 aliphatic rings. The molecule has 0 saturated carbocycles. The second kappa shape index (κ2) is 3.42. The van der Waals surface area contributed by atoms with Gasteiger partial charge in [-0.15, -0.1) is 0 Å². The number of nitrogens with two attached hydrogens (primary N) is 1. The van der Waals surface area contributed by atoms with Crippen molar-refractivity contribution >= 4 is 15.9 Å². The van der Waals surface area contributed by atoms with Gasteiger partial charge in [0.15, 0.2) is 0 Å². The maximum absolute atomic E-state index is 5.91. The van der Waals surface area contributed by atoms with Crippen LogP contribution in [-0.2, 0) is 19.4 Å². The van der Waals surface area contributed by atoms with Gasteiger partial charge in [0.05, 0.1) is 5.69 Å². The van der Waals surface area contributed by atoms with E-state index in [2.05, 4.69) is 32.4 Å². The van der Waals surface area contributed by atoms with Gasteiger partial charge in [-0.05, 0) is 22.4 Å². The second-order valence-electron chi connectivity index (χ2n) is 3.52. The lowest BCUT2D eigenvalue weighted by molar-refractivity contribution is 0.460. The fourth-order valence-electron chi connectivity index (χ4n) is 1.88. The lowest BCUT2D eigenvalue weighted by Crippen LogP contribution is -2.31. The maximum atomic E-state index is 5.91. The van der Waals surface area contributed by atoms with Crippen molar-refractivity contribution in [2.45, 2.75) is 38.8 Å². The summed E-state index contributed by atoms with van der Waals surface area (Å²) in [4.78, 5) is 4.47. The van der Waals surface area contributed by atoms with Crippen molar-refractivity contribution in [3.05, 3.63) is 16.1 Å². The number of imidazole rings is 1. The number of aromatic nitrogens is 2. The zero-order valence-electron chi connectivity index (χ0n) is 7.76. The molecule has 2 heterocycles. The molecule has 0 fully saturated rings. The molecule has 72 valence electrons. The Balaban J connectivity index is 2.42. The molecule has 1 atom stereocenters. The van der Waals surface area contributed by atoms with E-state index >= 15 is 0 Å². The Bertz CT molecular complexity index is 319. The van der Waals surface area contributed by atoms with Crippen LogP contribution in [0, 0.1) is 0 Å². The smallest absolute Gasteiger partial charge is 0.127 e. The van der Waals surface area contributed by atoms with Crippen molar-refractivity contribution in [2.75, 3.05) is 0 Å². The first kappa shape index (κ1) is 9.21. The van der Waals surface area contributed by atoms with Crippen LogP contribution in [0.4, 0.5) is 0 Å². The molecule has 0 aliphatic carbocycles. The van der Waals surface area contributed by atoms with E-state index in [9.17, 15) is 0 Å². The van der Waals surface area contributed by atoms with Crippen molar-refractivity contribution in [1.29, 1.82) is 0 Å². The summed E-state index contributed by atoms with van der Waals surface area (Å²) in [5.74, 6) is 1.17. The fraction of sp³-hybridized carbons (Fsp3) is 0.667. The van der Waals surface area contributed by atoms with Gasteiger partial charge in [-0.2, -0.15) is 0 Å². The van der Waals surface area contributed by atoms with E-state index in [-0.39, 0.29) is 0 Å². The largest absolute Gasteiger partial charge is 0.331 e. The van der Waals surface area contributed by atoms with Crippen molar-refractivity contribution in [1.82, 2.24) is 9.55 Å². The molecular weight excluding hydrogens is 230 g/mol. The monoisotopic (exact) mass is 243 g/mol. The summed E-state index contributed by atoms with van der Waals surface area (Å²) in [6.45, 7) is 3.16. The average Bonchev–Trinajstić information content (AvgIpc) is 2.43. The minimum absolute atomic E-state index is 0.310. The van der Waals surface area contributed by atoms with Gasteiger partial charge >= 0.3 is 0 Å².